The molecule has 2 aromatic heterocycles. The van der Waals surface area contributed by atoms with Crippen molar-refractivity contribution in [2.45, 2.75) is 111 Å². The largest absolute Gasteiger partial charge is 0.433 e. The van der Waals surface area contributed by atoms with Crippen LogP contribution in [0.3, 0.4) is 0 Å². The Bertz CT molecular complexity index is 5870. The summed E-state index contributed by atoms with van der Waals surface area (Å²) in [7, 11) is 0. The highest BCUT2D eigenvalue weighted by Gasteiger charge is 2.68. The van der Waals surface area contributed by atoms with Gasteiger partial charge in [0.15, 0.2) is 0 Å². The van der Waals surface area contributed by atoms with Crippen LogP contribution in [0.1, 0.15) is 124 Å². The van der Waals surface area contributed by atoms with Crippen molar-refractivity contribution in [3.8, 4) is 11.8 Å². The zero-order valence-corrected chi connectivity index (χ0v) is 65.1. The average Bonchev–Trinajstić information content (AvgIpc) is 1.48. The molecule has 4 unspecified atom stereocenters. The number of hydrogen-bond donors (Lipinski definition) is 2. The number of nitrogens with one attached hydrogen (secondary N) is 1. The lowest BCUT2D eigenvalue weighted by Gasteiger charge is -2.39. The maximum atomic E-state index is 15.3. The number of hydrogen-bond acceptors (Lipinski definition) is 2. The van der Waals surface area contributed by atoms with E-state index >= 15 is 26.3 Å². The lowest BCUT2D eigenvalue weighted by atomic mass is 9.64. The Balaban J connectivity index is 0.000000124. The first kappa shape index (κ1) is 76.9. The fourth-order valence-corrected chi connectivity index (χ4v) is 19.2. The van der Waals surface area contributed by atoms with E-state index in [0.717, 1.165) is 111 Å². The minimum atomic E-state index is -5.07. The SMILES string of the molecule is CC1=CC=C2C(C3CC3)(C=C1)c1c(C(F)(F)F)c3cc(Cl)ccc3n1C2(c1ccccc1)c1ccccc1.Cc1ccc(C(Nc2ccc(Cl)cc2C(O)(C#CC2CC2)C(F)(F)F)(c2ccccc2)c2ccccc2)cc1.Cc1ccc(C2(c3ccccc3)C3=CC=CC=CC3(C3CC3)c3c(C(F)(F)F)c4cc(Cl)ccc4n32)cc1. The fraction of sp³-hybridized carbons (Fsp3) is 0.212. The van der Waals surface area contributed by atoms with Crippen LogP contribution < -0.4 is 5.32 Å². The zero-order valence-electron chi connectivity index (χ0n) is 62.8. The first-order valence-electron chi connectivity index (χ1n) is 38.5. The maximum Gasteiger partial charge on any atom is 0.433 e. The van der Waals surface area contributed by atoms with E-state index in [0.29, 0.717) is 32.5 Å². The van der Waals surface area contributed by atoms with Crippen LogP contribution in [0.15, 0.2) is 326 Å². The van der Waals surface area contributed by atoms with Gasteiger partial charge in [0, 0.05) is 54.4 Å². The van der Waals surface area contributed by atoms with Crippen molar-refractivity contribution < 1.29 is 44.6 Å². The van der Waals surface area contributed by atoms with E-state index < -0.39 is 68.3 Å². The zero-order chi connectivity index (χ0) is 80.2. The molecule has 0 amide bonds. The van der Waals surface area contributed by atoms with Gasteiger partial charge in [0.25, 0.3) is 0 Å². The van der Waals surface area contributed by atoms with Crippen LogP contribution in [0.5, 0.6) is 0 Å². The Morgan fingerprint density at radius 2 is 0.835 bits per heavy atom. The standard InChI is InChI=1S/C33H27ClF3NO.2C33H25ClF3N/c1-23-12-16-27(17-13-23)32(25-8-4-2-5-9-25,26-10-6-3-7-11-26)38-30-19-18-28(34)22-29(30)31(39,33(35,36)37)21-20-24-14-15-24;1-21-11-13-24(14-12-21)32(23-8-4-2-5-9-23)28-10-6-3-7-19-31(28,22-15-16-22)30-29(33(35,36)37)26-20-25(34)17-18-27(26)38(30)32;1-21-12-17-28-31(19-18-21,22-13-14-22)30-29(33(35,36)37)26-20-25(34)15-16-27(26)38(30)32(28,23-8-4-2-5-9-23)24-10-6-3-7-11-24/h2-13,16-19,22,24,38-39H,14-15H2,1H3;2-14,17-20,22H,15-16H2,1H3;2-12,15-20,22H,13-14H2,1H3. The van der Waals surface area contributed by atoms with Gasteiger partial charge in [0.2, 0.25) is 5.60 Å². The third-order valence-electron chi connectivity index (χ3n) is 24.0. The number of benzene rings is 10. The summed E-state index contributed by atoms with van der Waals surface area (Å²) in [6.45, 7) is 6.00. The molecular formula is C99H77Cl3F9N3O. The van der Waals surface area contributed by atoms with Gasteiger partial charge in [-0.2, -0.15) is 39.5 Å². The van der Waals surface area contributed by atoms with Crippen molar-refractivity contribution >= 4 is 62.3 Å². The second-order valence-electron chi connectivity index (χ2n) is 31.2. The number of allylic oxidation sites excluding steroid dienone is 12. The molecule has 2 aliphatic heterocycles. The van der Waals surface area contributed by atoms with Crippen LogP contribution in [-0.2, 0) is 45.4 Å². The van der Waals surface area contributed by atoms with Crippen LogP contribution in [-0.4, -0.2) is 20.4 Å². The van der Waals surface area contributed by atoms with Crippen LogP contribution in [0.4, 0.5) is 45.2 Å². The van der Waals surface area contributed by atoms with E-state index in [2.05, 4.69) is 53.6 Å². The van der Waals surface area contributed by atoms with Gasteiger partial charge >= 0.3 is 18.5 Å². The summed E-state index contributed by atoms with van der Waals surface area (Å²) in [5.74, 6) is 4.79. The van der Waals surface area contributed by atoms with Crippen molar-refractivity contribution in [1.82, 2.24) is 9.13 Å². The van der Waals surface area contributed by atoms with Crippen LogP contribution in [0, 0.1) is 43.4 Å². The molecule has 0 bridgehead atoms. The number of rotatable bonds is 12. The third-order valence-corrected chi connectivity index (χ3v) is 24.7. The summed E-state index contributed by atoms with van der Waals surface area (Å²) in [5.41, 5.74) is 3.08. The molecule has 12 aromatic rings. The molecular weight excluding hydrogens is 1520 g/mol. The van der Waals surface area contributed by atoms with Gasteiger partial charge in [0.1, 0.15) is 16.6 Å². The predicted octanol–water partition coefficient (Wildman–Crippen LogP) is 26.6. The van der Waals surface area contributed by atoms with Gasteiger partial charge in [0.05, 0.1) is 33.0 Å². The van der Waals surface area contributed by atoms with Gasteiger partial charge in [-0.3, -0.25) is 0 Å². The lowest BCUT2D eigenvalue weighted by molar-refractivity contribution is -0.240. The highest BCUT2D eigenvalue weighted by atomic mass is 35.5. The molecule has 16 heteroatoms. The lowest BCUT2D eigenvalue weighted by Crippen LogP contribution is -2.44. The van der Waals surface area contributed by atoms with Crippen LogP contribution in [0.25, 0.3) is 21.8 Å². The van der Waals surface area contributed by atoms with E-state index in [4.69, 9.17) is 34.8 Å². The Labute approximate surface area is 676 Å². The number of aromatic nitrogens is 2. The highest BCUT2D eigenvalue weighted by molar-refractivity contribution is 6.32. The molecule has 7 aliphatic rings. The number of nitrogens with zero attached hydrogens (tertiary/aromatic N) is 2. The molecule has 4 nitrogen and oxygen atoms in total. The molecule has 19 rings (SSSR count). The first-order chi connectivity index (χ1) is 55.2. The number of aryl methyl sites for hydroxylation is 2. The van der Waals surface area contributed by atoms with Crippen molar-refractivity contribution in [3.05, 3.63) is 419 Å². The minimum absolute atomic E-state index is 0.0619. The van der Waals surface area contributed by atoms with E-state index in [1.54, 1.807) is 24.3 Å². The molecule has 0 radical (unpaired) electrons. The summed E-state index contributed by atoms with van der Waals surface area (Å²) < 4.78 is 139. The molecule has 115 heavy (non-hydrogen) atoms. The minimum Gasteiger partial charge on any atom is -0.368 e. The molecule has 4 heterocycles. The summed E-state index contributed by atoms with van der Waals surface area (Å²) in [6, 6.07) is 79.1. The maximum absolute atomic E-state index is 15.3. The highest BCUT2D eigenvalue weighted by Crippen LogP contribution is 2.70. The van der Waals surface area contributed by atoms with E-state index in [1.807, 2.05) is 248 Å². The molecule has 0 spiro atoms. The van der Waals surface area contributed by atoms with Gasteiger partial charge < -0.3 is 19.6 Å². The normalized spacial score (nSPS) is 20.4. The van der Waals surface area contributed by atoms with Crippen LogP contribution >= 0.6 is 34.8 Å². The quantitative estimate of drug-likeness (QED) is 0.0727. The number of aliphatic hydroxyl groups is 1. The molecule has 3 saturated carbocycles. The molecule has 3 fully saturated rings. The van der Waals surface area contributed by atoms with Crippen molar-refractivity contribution in [3.63, 3.8) is 0 Å². The Hall–Kier alpha value is -10.7. The van der Waals surface area contributed by atoms with E-state index in [1.165, 1.54) is 24.3 Å². The van der Waals surface area contributed by atoms with Crippen molar-refractivity contribution in [2.24, 2.45) is 17.8 Å². The molecule has 10 aromatic carbocycles. The fourth-order valence-electron chi connectivity index (χ4n) is 18.7. The van der Waals surface area contributed by atoms with Gasteiger partial charge in [-0.15, -0.1) is 0 Å². The van der Waals surface area contributed by atoms with Gasteiger partial charge in [-0.25, -0.2) is 0 Å². The van der Waals surface area contributed by atoms with E-state index in [9.17, 15) is 18.3 Å². The molecule has 4 atom stereocenters. The summed E-state index contributed by atoms with van der Waals surface area (Å²) in [6.07, 6.45) is 8.88. The van der Waals surface area contributed by atoms with Gasteiger partial charge in [-0.1, -0.05) is 318 Å². The summed E-state index contributed by atoms with van der Waals surface area (Å²) in [4.78, 5) is 0. The average molecular weight is 1600 g/mol. The first-order valence-corrected chi connectivity index (χ1v) is 39.7. The Kier molecular flexibility index (Phi) is 19.3. The number of anilines is 1. The summed E-state index contributed by atoms with van der Waals surface area (Å²) in [5, 5.41) is 15.7. The van der Waals surface area contributed by atoms with Crippen molar-refractivity contribution in [1.29, 1.82) is 0 Å². The monoisotopic (exact) mass is 1600 g/mol. The molecule has 578 valence electrons. The predicted molar refractivity (Wildman–Crippen MR) is 442 cm³/mol. The smallest absolute Gasteiger partial charge is 0.368 e. The Morgan fingerprint density at radius 1 is 0.426 bits per heavy atom. The van der Waals surface area contributed by atoms with E-state index in [-0.39, 0.29) is 39.2 Å². The summed E-state index contributed by atoms with van der Waals surface area (Å²) >= 11 is 18.9. The second kappa shape index (κ2) is 28.9. The third kappa shape index (κ3) is 12.7. The molecule has 2 N–H and O–H groups in total. The number of halogens is 12. The Morgan fingerprint density at radius 3 is 1.28 bits per heavy atom. The van der Waals surface area contributed by atoms with Gasteiger partial charge in [-0.05, 0) is 176 Å². The van der Waals surface area contributed by atoms with Crippen molar-refractivity contribution in [2.75, 3.05) is 5.32 Å². The topological polar surface area (TPSA) is 42.1 Å². The number of alkyl halides is 9. The molecule has 0 saturated heterocycles. The number of fused-ring (bicyclic) bond motifs is 10. The molecule has 5 aliphatic carbocycles. The van der Waals surface area contributed by atoms with Crippen LogP contribution in [0.2, 0.25) is 15.1 Å². The second-order valence-corrected chi connectivity index (χ2v) is 32.5.